The lowest BCUT2D eigenvalue weighted by Crippen LogP contribution is -2.41. The average Bonchev–Trinajstić information content (AvgIpc) is 2.86. The van der Waals surface area contributed by atoms with E-state index in [1.54, 1.807) is 7.11 Å². The largest absolute Gasteiger partial charge is 0.480 e. The molecule has 1 saturated carbocycles. The van der Waals surface area contributed by atoms with Gasteiger partial charge in [0, 0.05) is 19.7 Å². The maximum Gasteiger partial charge on any atom is 0.317 e. The second-order valence-electron chi connectivity index (χ2n) is 4.07. The molecule has 0 bridgehead atoms. The maximum atomic E-state index is 10.6. The minimum Gasteiger partial charge on any atom is -0.480 e. The summed E-state index contributed by atoms with van der Waals surface area (Å²) in [6.45, 7) is 3.63. The topological polar surface area (TPSA) is 49.8 Å². The van der Waals surface area contributed by atoms with Gasteiger partial charge < -0.3 is 9.84 Å². The van der Waals surface area contributed by atoms with Crippen molar-refractivity contribution in [2.45, 2.75) is 25.8 Å². The summed E-state index contributed by atoms with van der Waals surface area (Å²) in [4.78, 5) is 12.6. The van der Waals surface area contributed by atoms with Crippen molar-refractivity contribution in [2.75, 3.05) is 26.8 Å². The number of hydrogen-bond donors (Lipinski definition) is 1. The summed E-state index contributed by atoms with van der Waals surface area (Å²) in [5, 5.41) is 8.75. The lowest BCUT2D eigenvalue weighted by Gasteiger charge is -2.26. The summed E-state index contributed by atoms with van der Waals surface area (Å²) in [7, 11) is 1.65. The van der Waals surface area contributed by atoms with Crippen molar-refractivity contribution in [3.63, 3.8) is 0 Å². The van der Waals surface area contributed by atoms with Crippen molar-refractivity contribution in [1.29, 1.82) is 0 Å². The van der Waals surface area contributed by atoms with Crippen molar-refractivity contribution in [2.24, 2.45) is 5.92 Å². The van der Waals surface area contributed by atoms with Crippen LogP contribution in [0.15, 0.2) is 0 Å². The zero-order chi connectivity index (χ0) is 10.6. The predicted octanol–water partition coefficient (Wildman–Crippen LogP) is 0.818. The molecule has 4 nitrogen and oxygen atoms in total. The zero-order valence-electron chi connectivity index (χ0n) is 8.90. The van der Waals surface area contributed by atoms with Gasteiger partial charge in [0.2, 0.25) is 0 Å². The number of carbonyl (C=O) groups is 1. The molecule has 1 unspecified atom stereocenters. The number of carboxylic acid groups (broad SMARTS) is 1. The standard InChI is InChI=1S/C10H19NO3/c1-8(7-14-2)11(6-10(12)13)5-9-3-4-9/h8-9H,3-7H2,1-2H3,(H,12,13). The Bertz CT molecular complexity index is 192. The summed E-state index contributed by atoms with van der Waals surface area (Å²) >= 11 is 0. The summed E-state index contributed by atoms with van der Waals surface area (Å²) in [5.74, 6) is -0.0396. The van der Waals surface area contributed by atoms with Crippen LogP contribution in [0.2, 0.25) is 0 Å². The van der Waals surface area contributed by atoms with Gasteiger partial charge in [0.25, 0.3) is 0 Å². The average molecular weight is 201 g/mol. The first-order valence-electron chi connectivity index (χ1n) is 5.08. The molecule has 1 aliphatic carbocycles. The molecule has 1 N–H and O–H groups in total. The number of nitrogens with zero attached hydrogens (tertiary/aromatic N) is 1. The quantitative estimate of drug-likeness (QED) is 0.662. The van der Waals surface area contributed by atoms with Gasteiger partial charge in [-0.3, -0.25) is 9.69 Å². The fraction of sp³-hybridized carbons (Fsp3) is 0.900. The van der Waals surface area contributed by atoms with E-state index in [1.165, 1.54) is 12.8 Å². The van der Waals surface area contributed by atoms with Crippen LogP contribution < -0.4 is 0 Å². The van der Waals surface area contributed by atoms with Gasteiger partial charge >= 0.3 is 5.97 Å². The van der Waals surface area contributed by atoms with Crippen molar-refractivity contribution in [3.05, 3.63) is 0 Å². The molecule has 0 heterocycles. The van der Waals surface area contributed by atoms with Crippen LogP contribution in [-0.2, 0) is 9.53 Å². The minimum absolute atomic E-state index is 0.126. The highest BCUT2D eigenvalue weighted by molar-refractivity contribution is 5.69. The minimum atomic E-state index is -0.756. The van der Waals surface area contributed by atoms with Gasteiger partial charge in [-0.1, -0.05) is 0 Å². The Kier molecular flexibility index (Phi) is 4.35. The number of aliphatic carboxylic acids is 1. The van der Waals surface area contributed by atoms with E-state index < -0.39 is 5.97 Å². The summed E-state index contributed by atoms with van der Waals surface area (Å²) in [5.41, 5.74) is 0. The van der Waals surface area contributed by atoms with Crippen LogP contribution in [0.5, 0.6) is 0 Å². The van der Waals surface area contributed by atoms with Crippen LogP contribution in [0.3, 0.4) is 0 Å². The van der Waals surface area contributed by atoms with Gasteiger partial charge in [-0.2, -0.15) is 0 Å². The lowest BCUT2D eigenvalue weighted by molar-refractivity contribution is -0.139. The molecule has 1 rings (SSSR count). The predicted molar refractivity (Wildman–Crippen MR) is 53.3 cm³/mol. The van der Waals surface area contributed by atoms with E-state index in [0.29, 0.717) is 12.5 Å². The number of hydrogen-bond acceptors (Lipinski definition) is 3. The Balaban J connectivity index is 2.36. The molecule has 4 heteroatoms. The highest BCUT2D eigenvalue weighted by Gasteiger charge is 2.27. The van der Waals surface area contributed by atoms with Gasteiger partial charge in [-0.25, -0.2) is 0 Å². The monoisotopic (exact) mass is 201 g/mol. The Labute approximate surface area is 84.8 Å². The molecule has 0 aliphatic heterocycles. The van der Waals surface area contributed by atoms with E-state index in [9.17, 15) is 4.79 Å². The van der Waals surface area contributed by atoms with E-state index in [4.69, 9.17) is 9.84 Å². The fourth-order valence-corrected chi connectivity index (χ4v) is 1.55. The Morgan fingerprint density at radius 1 is 1.64 bits per heavy atom. The Morgan fingerprint density at radius 2 is 2.29 bits per heavy atom. The summed E-state index contributed by atoms with van der Waals surface area (Å²) in [6, 6.07) is 0.191. The SMILES string of the molecule is COCC(C)N(CC(=O)O)CC1CC1. The van der Waals surface area contributed by atoms with E-state index in [2.05, 4.69) is 0 Å². The molecule has 1 atom stereocenters. The molecule has 82 valence electrons. The summed E-state index contributed by atoms with van der Waals surface area (Å²) in [6.07, 6.45) is 2.49. The first kappa shape index (κ1) is 11.5. The van der Waals surface area contributed by atoms with Gasteiger partial charge in [0.15, 0.2) is 0 Å². The second kappa shape index (κ2) is 5.32. The van der Waals surface area contributed by atoms with E-state index in [-0.39, 0.29) is 12.6 Å². The molecule has 0 aromatic heterocycles. The van der Waals surface area contributed by atoms with Crippen LogP contribution in [0, 0.1) is 5.92 Å². The first-order valence-corrected chi connectivity index (χ1v) is 5.08. The van der Waals surface area contributed by atoms with Crippen LogP contribution in [0.25, 0.3) is 0 Å². The third-order valence-corrected chi connectivity index (χ3v) is 2.56. The number of rotatable bonds is 7. The fourth-order valence-electron chi connectivity index (χ4n) is 1.55. The Morgan fingerprint density at radius 3 is 2.71 bits per heavy atom. The van der Waals surface area contributed by atoms with Crippen molar-refractivity contribution < 1.29 is 14.6 Å². The lowest BCUT2D eigenvalue weighted by atomic mass is 10.2. The molecule has 0 saturated heterocycles. The molecule has 0 aromatic carbocycles. The van der Waals surface area contributed by atoms with E-state index in [0.717, 1.165) is 6.54 Å². The molecule has 1 fully saturated rings. The molecule has 0 amide bonds. The maximum absolute atomic E-state index is 10.6. The summed E-state index contributed by atoms with van der Waals surface area (Å²) < 4.78 is 5.03. The molecule has 0 spiro atoms. The number of ether oxygens (including phenoxy) is 1. The molecule has 14 heavy (non-hydrogen) atoms. The van der Waals surface area contributed by atoms with Gasteiger partial charge in [-0.05, 0) is 25.7 Å². The molecular formula is C10H19NO3. The van der Waals surface area contributed by atoms with Crippen molar-refractivity contribution in [1.82, 2.24) is 4.90 Å². The molecular weight excluding hydrogens is 182 g/mol. The van der Waals surface area contributed by atoms with E-state index in [1.807, 2.05) is 11.8 Å². The molecule has 1 aliphatic rings. The van der Waals surface area contributed by atoms with Crippen LogP contribution >= 0.6 is 0 Å². The number of carboxylic acids is 1. The molecule has 0 aromatic rings. The smallest absolute Gasteiger partial charge is 0.317 e. The van der Waals surface area contributed by atoms with Crippen LogP contribution in [0.1, 0.15) is 19.8 Å². The van der Waals surface area contributed by atoms with Crippen LogP contribution in [0.4, 0.5) is 0 Å². The van der Waals surface area contributed by atoms with Crippen molar-refractivity contribution >= 4 is 5.97 Å². The third-order valence-electron chi connectivity index (χ3n) is 2.56. The normalized spacial score (nSPS) is 18.5. The van der Waals surface area contributed by atoms with Gasteiger partial charge in [0.1, 0.15) is 0 Å². The first-order chi connectivity index (χ1) is 6.63. The Hall–Kier alpha value is -0.610. The highest BCUT2D eigenvalue weighted by atomic mass is 16.5. The van der Waals surface area contributed by atoms with Crippen molar-refractivity contribution in [3.8, 4) is 0 Å². The molecule has 0 radical (unpaired) electrons. The van der Waals surface area contributed by atoms with Gasteiger partial charge in [0.05, 0.1) is 13.2 Å². The number of methoxy groups -OCH3 is 1. The van der Waals surface area contributed by atoms with Crippen LogP contribution in [-0.4, -0.2) is 48.8 Å². The van der Waals surface area contributed by atoms with E-state index >= 15 is 0 Å². The second-order valence-corrected chi connectivity index (χ2v) is 4.07. The third kappa shape index (κ3) is 4.07. The zero-order valence-corrected chi connectivity index (χ0v) is 8.90. The highest BCUT2D eigenvalue weighted by Crippen LogP contribution is 2.30. The van der Waals surface area contributed by atoms with Gasteiger partial charge in [-0.15, -0.1) is 0 Å².